The van der Waals surface area contributed by atoms with E-state index >= 15 is 0 Å². The molecule has 0 aliphatic heterocycles. The lowest BCUT2D eigenvalue weighted by Crippen LogP contribution is -2.44. The van der Waals surface area contributed by atoms with Crippen molar-refractivity contribution in [2.45, 2.75) is 77.2 Å². The second-order valence-electron chi connectivity index (χ2n) is 9.59. The molecule has 0 saturated carbocycles. The molecule has 2 atom stereocenters. The molecule has 0 spiro atoms. The predicted octanol–water partition coefficient (Wildman–Crippen LogP) is 3.19. The largest absolute Gasteiger partial charge is 0.460 e. The van der Waals surface area contributed by atoms with Gasteiger partial charge in [0.2, 0.25) is 0 Å². The highest BCUT2D eigenvalue weighted by Crippen LogP contribution is 2.25. The summed E-state index contributed by atoms with van der Waals surface area (Å²) in [6, 6.07) is 1.85. The van der Waals surface area contributed by atoms with Gasteiger partial charge in [0.1, 0.15) is 25.4 Å². The SMILES string of the molecule is CC=CC(=O)OCC(O)COCCC[Si](C)(CCCOCC(O)COC(=O)C=CC)O[Si](C)(C)C. The van der Waals surface area contributed by atoms with Gasteiger partial charge in [0.15, 0.2) is 16.6 Å². The van der Waals surface area contributed by atoms with Crippen LogP contribution in [0.4, 0.5) is 0 Å². The van der Waals surface area contributed by atoms with E-state index in [0.29, 0.717) is 13.2 Å². The van der Waals surface area contributed by atoms with Crippen molar-refractivity contribution in [3.63, 3.8) is 0 Å². The van der Waals surface area contributed by atoms with Gasteiger partial charge in [0.25, 0.3) is 0 Å². The fraction of sp³-hybridized carbons (Fsp3) is 0.750. The maximum absolute atomic E-state index is 11.3. The molecule has 2 N–H and O–H groups in total. The minimum Gasteiger partial charge on any atom is -0.460 e. The Bertz CT molecular complexity index is 603. The van der Waals surface area contributed by atoms with Gasteiger partial charge in [-0.15, -0.1) is 0 Å². The highest BCUT2D eigenvalue weighted by atomic mass is 28.4. The van der Waals surface area contributed by atoms with E-state index in [1.54, 1.807) is 26.0 Å². The molecule has 0 amide bonds. The standard InChI is InChI=1S/C24H46O9Si2/c1-7-11-23(27)31-19-21(25)17-29-13-9-15-35(6,33-34(3,4)5)16-10-14-30-18-22(26)20-32-24(28)12-8-2/h7-8,11-12,21-22,25-26H,9-10,13-20H2,1-6H3. The molecule has 0 aromatic carbocycles. The highest BCUT2D eigenvalue weighted by Gasteiger charge is 2.33. The molecule has 9 nitrogen and oxygen atoms in total. The zero-order chi connectivity index (χ0) is 26.7. The lowest BCUT2D eigenvalue weighted by Gasteiger charge is -2.35. The van der Waals surface area contributed by atoms with Crippen LogP contribution in [0.5, 0.6) is 0 Å². The molecule has 2 unspecified atom stereocenters. The van der Waals surface area contributed by atoms with E-state index in [1.807, 2.05) is 0 Å². The molecule has 0 aliphatic carbocycles. The summed E-state index contributed by atoms with van der Waals surface area (Å²) in [7, 11) is -3.73. The van der Waals surface area contributed by atoms with Gasteiger partial charge in [-0.2, -0.15) is 0 Å². The van der Waals surface area contributed by atoms with Crippen LogP contribution < -0.4 is 0 Å². The zero-order valence-corrected chi connectivity index (χ0v) is 24.3. The Labute approximate surface area is 212 Å². The molecule has 0 aromatic rings. The maximum Gasteiger partial charge on any atom is 0.330 e. The van der Waals surface area contributed by atoms with Crippen LogP contribution in [0, 0.1) is 0 Å². The number of hydrogen-bond acceptors (Lipinski definition) is 9. The van der Waals surface area contributed by atoms with Gasteiger partial charge in [-0.3, -0.25) is 0 Å². The summed E-state index contributed by atoms with van der Waals surface area (Å²) in [5.74, 6) is -0.966. The first-order valence-electron chi connectivity index (χ1n) is 12.2. The van der Waals surface area contributed by atoms with Crippen LogP contribution in [-0.4, -0.2) is 90.6 Å². The van der Waals surface area contributed by atoms with Crippen molar-refractivity contribution in [3.05, 3.63) is 24.3 Å². The second-order valence-corrected chi connectivity index (χ2v) is 18.5. The Morgan fingerprint density at radius 2 is 1.14 bits per heavy atom. The Balaban J connectivity index is 4.27. The third-order valence-electron chi connectivity index (χ3n) is 4.60. The van der Waals surface area contributed by atoms with Crippen LogP contribution in [0.1, 0.15) is 26.7 Å². The summed E-state index contributed by atoms with van der Waals surface area (Å²) in [6.45, 7) is 13.2. The van der Waals surface area contributed by atoms with Crippen molar-refractivity contribution >= 4 is 28.6 Å². The van der Waals surface area contributed by atoms with Gasteiger partial charge < -0.3 is 33.3 Å². The summed E-state index contributed by atoms with van der Waals surface area (Å²) in [5, 5.41) is 19.7. The van der Waals surface area contributed by atoms with Gasteiger partial charge in [-0.05, 0) is 65.0 Å². The van der Waals surface area contributed by atoms with Gasteiger partial charge in [0, 0.05) is 25.4 Å². The topological polar surface area (TPSA) is 121 Å². The van der Waals surface area contributed by atoms with Gasteiger partial charge in [-0.1, -0.05) is 12.2 Å². The molecule has 35 heavy (non-hydrogen) atoms. The first-order valence-corrected chi connectivity index (χ1v) is 18.4. The Morgan fingerprint density at radius 3 is 1.49 bits per heavy atom. The monoisotopic (exact) mass is 534 g/mol. The average Bonchev–Trinajstić information content (AvgIpc) is 2.75. The number of ether oxygens (including phenoxy) is 4. The molecular formula is C24H46O9Si2. The smallest absolute Gasteiger partial charge is 0.330 e. The Morgan fingerprint density at radius 1 is 0.743 bits per heavy atom. The molecule has 0 fully saturated rings. The summed E-state index contributed by atoms with van der Waals surface area (Å²) in [6.07, 6.45) is 5.67. The average molecular weight is 535 g/mol. The van der Waals surface area contributed by atoms with E-state index in [1.165, 1.54) is 12.2 Å². The maximum atomic E-state index is 11.3. The molecule has 0 aromatic heterocycles. The van der Waals surface area contributed by atoms with Crippen molar-refractivity contribution < 1.29 is 42.9 Å². The van der Waals surface area contributed by atoms with Crippen molar-refractivity contribution in [3.8, 4) is 0 Å². The van der Waals surface area contributed by atoms with Crippen molar-refractivity contribution in [1.82, 2.24) is 0 Å². The molecule has 0 radical (unpaired) electrons. The highest BCUT2D eigenvalue weighted by molar-refractivity contribution is 6.84. The minimum atomic E-state index is -1.99. The Hall–Kier alpha value is -1.35. The predicted molar refractivity (Wildman–Crippen MR) is 140 cm³/mol. The van der Waals surface area contributed by atoms with E-state index < -0.39 is 40.8 Å². The number of carbonyl (C=O) groups is 2. The summed E-state index contributed by atoms with van der Waals surface area (Å²) in [5.41, 5.74) is 0. The third kappa shape index (κ3) is 20.5. The van der Waals surface area contributed by atoms with E-state index in [0.717, 1.165) is 24.9 Å². The van der Waals surface area contributed by atoms with Gasteiger partial charge >= 0.3 is 11.9 Å². The third-order valence-corrected chi connectivity index (χ3v) is 11.8. The molecule has 0 bridgehead atoms. The van der Waals surface area contributed by atoms with E-state index in [9.17, 15) is 19.8 Å². The van der Waals surface area contributed by atoms with Crippen LogP contribution in [0.3, 0.4) is 0 Å². The second kappa shape index (κ2) is 18.9. The fourth-order valence-corrected chi connectivity index (χ4v) is 12.1. The number of carbonyl (C=O) groups excluding carboxylic acids is 2. The summed E-state index contributed by atoms with van der Waals surface area (Å²) in [4.78, 5) is 22.6. The molecule has 11 heteroatoms. The molecule has 0 rings (SSSR count). The molecule has 0 heterocycles. The normalized spacial score (nSPS) is 15.8. The van der Waals surface area contributed by atoms with Crippen molar-refractivity contribution in [2.24, 2.45) is 0 Å². The molecule has 0 aliphatic rings. The fourth-order valence-electron chi connectivity index (χ4n) is 3.32. The van der Waals surface area contributed by atoms with Crippen LogP contribution in [-0.2, 0) is 32.7 Å². The number of aliphatic hydroxyl groups excluding tert-OH is 2. The van der Waals surface area contributed by atoms with Gasteiger partial charge in [0.05, 0.1) is 13.2 Å². The van der Waals surface area contributed by atoms with Gasteiger partial charge in [-0.25, -0.2) is 9.59 Å². The minimum absolute atomic E-state index is 0.0959. The Kier molecular flexibility index (Phi) is 18.1. The molecule has 204 valence electrons. The van der Waals surface area contributed by atoms with E-state index in [2.05, 4.69) is 26.2 Å². The number of allylic oxidation sites excluding steroid dienone is 2. The number of rotatable bonds is 20. The number of hydrogen-bond donors (Lipinski definition) is 2. The lowest BCUT2D eigenvalue weighted by molar-refractivity contribution is -0.142. The van der Waals surface area contributed by atoms with E-state index in [-0.39, 0.29) is 26.4 Å². The summed E-state index contributed by atoms with van der Waals surface area (Å²) < 4.78 is 27.5. The number of esters is 2. The lowest BCUT2D eigenvalue weighted by atomic mass is 10.4. The van der Waals surface area contributed by atoms with Crippen LogP contribution in [0.25, 0.3) is 0 Å². The molecular weight excluding hydrogens is 488 g/mol. The quantitative estimate of drug-likeness (QED) is 0.105. The molecule has 0 saturated heterocycles. The zero-order valence-electron chi connectivity index (χ0n) is 22.3. The van der Waals surface area contributed by atoms with Crippen molar-refractivity contribution in [1.29, 1.82) is 0 Å². The van der Waals surface area contributed by atoms with Crippen LogP contribution in [0.15, 0.2) is 24.3 Å². The number of aliphatic hydroxyl groups is 2. The van der Waals surface area contributed by atoms with E-state index in [4.69, 9.17) is 23.1 Å². The first-order chi connectivity index (χ1) is 16.4. The van der Waals surface area contributed by atoms with Crippen molar-refractivity contribution in [2.75, 3.05) is 39.6 Å². The summed E-state index contributed by atoms with van der Waals surface area (Å²) >= 11 is 0. The van der Waals surface area contributed by atoms with Crippen LogP contribution >= 0.6 is 0 Å². The van der Waals surface area contributed by atoms with Crippen LogP contribution in [0.2, 0.25) is 38.3 Å². The first kappa shape index (κ1) is 33.7.